The molecule has 0 aliphatic heterocycles. The van der Waals surface area contributed by atoms with Crippen molar-refractivity contribution >= 4 is 14.2 Å². The largest absolute Gasteiger partial charge is 0.235 e. The van der Waals surface area contributed by atoms with Crippen molar-refractivity contribution in [2.24, 2.45) is 28.7 Å². The lowest BCUT2D eigenvalue weighted by atomic mass is 9.70. The van der Waals surface area contributed by atoms with Gasteiger partial charge in [-0.15, -0.1) is 0 Å². The van der Waals surface area contributed by atoms with Gasteiger partial charge in [0, 0.05) is 0 Å². The molecule has 0 aromatic carbocycles. The molecule has 20 heavy (non-hydrogen) atoms. The molecular formula is C17H31NOSi. The van der Waals surface area contributed by atoms with E-state index in [-0.39, 0.29) is 5.67 Å². The van der Waals surface area contributed by atoms with E-state index < -0.39 is 8.07 Å². The molecule has 0 aromatic rings. The lowest BCUT2D eigenvalue weighted by Gasteiger charge is -2.36. The predicted octanol–water partition coefficient (Wildman–Crippen LogP) is 4.83. The Morgan fingerprint density at radius 2 is 1.90 bits per heavy atom. The minimum Gasteiger partial charge on any atom is -0.211 e. The van der Waals surface area contributed by atoms with E-state index >= 15 is 0 Å². The molecule has 0 bridgehead atoms. The number of carbonyl (C=O) groups excluding carboxylic acids is 1. The van der Waals surface area contributed by atoms with Crippen molar-refractivity contribution in [1.82, 2.24) is 0 Å². The van der Waals surface area contributed by atoms with Gasteiger partial charge in [0.25, 0.3) is 0 Å². The van der Waals surface area contributed by atoms with Crippen molar-refractivity contribution in [3.05, 3.63) is 12.2 Å². The van der Waals surface area contributed by atoms with Gasteiger partial charge in [-0.3, -0.25) is 0 Å². The molecule has 0 spiro atoms. The molecule has 0 saturated heterocycles. The van der Waals surface area contributed by atoms with Crippen LogP contribution >= 0.6 is 0 Å². The van der Waals surface area contributed by atoms with Gasteiger partial charge >= 0.3 is 0 Å². The van der Waals surface area contributed by atoms with Gasteiger partial charge < -0.3 is 0 Å². The molecule has 0 aromatic heterocycles. The Balaban J connectivity index is 2.85. The summed E-state index contributed by atoms with van der Waals surface area (Å²) in [6.45, 7) is 13.8. The van der Waals surface area contributed by atoms with Gasteiger partial charge in [0.1, 0.15) is 0 Å². The minimum atomic E-state index is -1.47. The SMILES string of the molecule is CC(C)[C@@H]1CC[C@@H](C)C[C@H]1C=C[C@H](N=C=O)[Si](C)(C)C. The molecule has 0 heterocycles. The van der Waals surface area contributed by atoms with E-state index in [4.69, 9.17) is 0 Å². The molecule has 1 saturated carbocycles. The summed E-state index contributed by atoms with van der Waals surface area (Å²) in [5.41, 5.74) is 0.0741. The third-order valence-electron chi connectivity index (χ3n) is 4.69. The van der Waals surface area contributed by atoms with Gasteiger partial charge in [-0.25, -0.2) is 9.79 Å². The molecule has 1 aliphatic rings. The molecule has 0 N–H and O–H groups in total. The van der Waals surface area contributed by atoms with Crippen LogP contribution in [0.15, 0.2) is 17.1 Å². The van der Waals surface area contributed by atoms with Crippen LogP contribution in [-0.4, -0.2) is 19.8 Å². The van der Waals surface area contributed by atoms with Gasteiger partial charge in [0.15, 0.2) is 0 Å². The average Bonchev–Trinajstić information content (AvgIpc) is 2.32. The highest BCUT2D eigenvalue weighted by atomic mass is 28.3. The number of allylic oxidation sites excluding steroid dienone is 1. The molecule has 4 atom stereocenters. The standard InChI is InChI=1S/C17H31NOSi/c1-13(2)16-9-7-14(3)11-15(16)8-10-17(18-12-19)20(4,5)6/h8,10,13-17H,7,9,11H2,1-6H3/t14-,15-,16+,17-/m1/s1. The zero-order valence-electron chi connectivity index (χ0n) is 14.0. The first-order chi connectivity index (χ1) is 9.25. The fourth-order valence-corrected chi connectivity index (χ4v) is 4.46. The molecular weight excluding hydrogens is 262 g/mol. The summed E-state index contributed by atoms with van der Waals surface area (Å²) in [6, 6.07) is 0. The van der Waals surface area contributed by atoms with Crippen LogP contribution < -0.4 is 0 Å². The summed E-state index contributed by atoms with van der Waals surface area (Å²) >= 11 is 0. The summed E-state index contributed by atoms with van der Waals surface area (Å²) in [7, 11) is -1.47. The second-order valence-corrected chi connectivity index (χ2v) is 13.2. The Hall–Kier alpha value is -0.663. The molecule has 114 valence electrons. The first kappa shape index (κ1) is 17.4. The van der Waals surface area contributed by atoms with Crippen LogP contribution in [0, 0.1) is 23.7 Å². The summed E-state index contributed by atoms with van der Waals surface area (Å²) in [4.78, 5) is 14.7. The van der Waals surface area contributed by atoms with Gasteiger partial charge in [-0.05, 0) is 36.5 Å². The summed E-state index contributed by atoms with van der Waals surface area (Å²) < 4.78 is 0. The molecule has 3 heteroatoms. The fourth-order valence-electron chi connectivity index (χ4n) is 3.33. The predicted molar refractivity (Wildman–Crippen MR) is 89.2 cm³/mol. The molecule has 0 radical (unpaired) electrons. The highest BCUT2D eigenvalue weighted by molar-refractivity contribution is 6.78. The van der Waals surface area contributed by atoms with Crippen molar-refractivity contribution in [2.45, 2.75) is 65.3 Å². The average molecular weight is 294 g/mol. The molecule has 1 aliphatic carbocycles. The zero-order chi connectivity index (χ0) is 15.3. The maximum Gasteiger partial charge on any atom is 0.235 e. The number of nitrogens with zero attached hydrogens (tertiary/aromatic N) is 1. The third-order valence-corrected chi connectivity index (χ3v) is 6.79. The molecule has 1 rings (SSSR count). The minimum absolute atomic E-state index is 0.0741. The lowest BCUT2D eigenvalue weighted by molar-refractivity contribution is 0.178. The highest BCUT2D eigenvalue weighted by Gasteiger charge is 2.30. The number of aliphatic imine (C=N–C) groups is 1. The number of isocyanates is 1. The van der Waals surface area contributed by atoms with Crippen molar-refractivity contribution in [1.29, 1.82) is 0 Å². The van der Waals surface area contributed by atoms with Crippen molar-refractivity contribution in [2.75, 3.05) is 0 Å². The van der Waals surface area contributed by atoms with Crippen LogP contribution in [-0.2, 0) is 4.79 Å². The van der Waals surface area contributed by atoms with Gasteiger partial charge in [-0.2, -0.15) is 0 Å². The van der Waals surface area contributed by atoms with Crippen LogP contribution in [0.25, 0.3) is 0 Å². The maximum atomic E-state index is 10.6. The second kappa shape index (κ2) is 7.38. The first-order valence-corrected chi connectivity index (χ1v) is 11.6. The van der Waals surface area contributed by atoms with Crippen LogP contribution in [0.3, 0.4) is 0 Å². The van der Waals surface area contributed by atoms with Crippen LogP contribution in [0.1, 0.15) is 40.0 Å². The van der Waals surface area contributed by atoms with E-state index in [0.717, 1.165) is 17.8 Å². The van der Waals surface area contributed by atoms with Crippen molar-refractivity contribution in [3.8, 4) is 0 Å². The summed E-state index contributed by atoms with van der Waals surface area (Å²) in [5.74, 6) is 2.99. The van der Waals surface area contributed by atoms with Gasteiger partial charge in [0.2, 0.25) is 6.08 Å². The zero-order valence-corrected chi connectivity index (χ0v) is 15.0. The quantitative estimate of drug-likeness (QED) is 0.309. The van der Waals surface area contributed by atoms with E-state index in [0.29, 0.717) is 5.92 Å². The summed E-state index contributed by atoms with van der Waals surface area (Å²) in [6.07, 6.45) is 10.3. The van der Waals surface area contributed by atoms with Crippen molar-refractivity contribution < 1.29 is 4.79 Å². The number of rotatable bonds is 5. The Bertz CT molecular complexity index is 377. The Kier molecular flexibility index (Phi) is 6.41. The Labute approximate surface area is 125 Å². The maximum absolute atomic E-state index is 10.6. The van der Waals surface area contributed by atoms with Gasteiger partial charge in [0.05, 0.1) is 13.7 Å². The Morgan fingerprint density at radius 1 is 1.25 bits per heavy atom. The summed E-state index contributed by atoms with van der Waals surface area (Å²) in [5, 5.41) is 0. The van der Waals surface area contributed by atoms with E-state index in [1.54, 1.807) is 6.08 Å². The lowest BCUT2D eigenvalue weighted by Crippen LogP contribution is -2.35. The Morgan fingerprint density at radius 3 is 2.40 bits per heavy atom. The molecule has 1 fully saturated rings. The molecule has 0 amide bonds. The monoisotopic (exact) mass is 293 g/mol. The third kappa shape index (κ3) is 5.03. The van der Waals surface area contributed by atoms with Crippen LogP contribution in [0.2, 0.25) is 19.6 Å². The van der Waals surface area contributed by atoms with Crippen LogP contribution in [0.5, 0.6) is 0 Å². The van der Waals surface area contributed by atoms with E-state index in [1.165, 1.54) is 19.3 Å². The van der Waals surface area contributed by atoms with E-state index in [1.807, 2.05) is 0 Å². The normalized spacial score (nSPS) is 29.4. The van der Waals surface area contributed by atoms with Crippen LogP contribution in [0.4, 0.5) is 0 Å². The van der Waals surface area contributed by atoms with E-state index in [9.17, 15) is 4.79 Å². The highest BCUT2D eigenvalue weighted by Crippen LogP contribution is 2.38. The topological polar surface area (TPSA) is 29.4 Å². The number of hydrogen-bond donors (Lipinski definition) is 0. The molecule has 0 unspecified atom stereocenters. The van der Waals surface area contributed by atoms with Gasteiger partial charge in [-0.1, -0.05) is 59.0 Å². The van der Waals surface area contributed by atoms with Crippen molar-refractivity contribution in [3.63, 3.8) is 0 Å². The first-order valence-electron chi connectivity index (χ1n) is 8.01. The molecule has 2 nitrogen and oxygen atoms in total. The van der Waals surface area contributed by atoms with E-state index in [2.05, 4.69) is 57.6 Å². The fraction of sp³-hybridized carbons (Fsp3) is 0.824. The second-order valence-electron chi connectivity index (χ2n) is 7.91. The smallest absolute Gasteiger partial charge is 0.211 e. The number of hydrogen-bond acceptors (Lipinski definition) is 2.